The Morgan fingerprint density at radius 1 is 1.00 bits per heavy atom. The number of ether oxygens (including phenoxy) is 1. The first-order chi connectivity index (χ1) is 13.1. The van der Waals surface area contributed by atoms with E-state index in [4.69, 9.17) is 4.74 Å². The first-order valence-electron chi connectivity index (χ1n) is 9.83. The highest BCUT2D eigenvalue weighted by molar-refractivity contribution is 5.92. The van der Waals surface area contributed by atoms with E-state index < -0.39 is 0 Å². The van der Waals surface area contributed by atoms with E-state index in [-0.39, 0.29) is 11.8 Å². The van der Waals surface area contributed by atoms with Crippen LogP contribution in [-0.4, -0.2) is 92.1 Å². The number of nitrogens with one attached hydrogen (secondary N) is 1. The lowest BCUT2D eigenvalue weighted by Gasteiger charge is -2.36. The number of rotatable bonds is 6. The van der Waals surface area contributed by atoms with Crippen LogP contribution in [0, 0.1) is 0 Å². The Morgan fingerprint density at radius 2 is 1.70 bits per heavy atom. The zero-order chi connectivity index (χ0) is 19.1. The van der Waals surface area contributed by atoms with E-state index in [0.717, 1.165) is 38.3 Å². The summed E-state index contributed by atoms with van der Waals surface area (Å²) >= 11 is 0. The second kappa shape index (κ2) is 9.82. The van der Waals surface area contributed by atoms with Gasteiger partial charge >= 0.3 is 0 Å². The van der Waals surface area contributed by atoms with Crippen LogP contribution >= 0.6 is 0 Å². The van der Waals surface area contributed by atoms with Crippen molar-refractivity contribution in [2.45, 2.75) is 13.3 Å². The fraction of sp³-hybridized carbons (Fsp3) is 0.600. The van der Waals surface area contributed by atoms with E-state index in [2.05, 4.69) is 28.1 Å². The highest BCUT2D eigenvalue weighted by atomic mass is 16.5. The molecule has 3 rings (SSSR count). The molecule has 148 valence electrons. The maximum atomic E-state index is 12.4. The summed E-state index contributed by atoms with van der Waals surface area (Å²) in [6.45, 7) is 8.82. The zero-order valence-corrected chi connectivity index (χ0v) is 16.2. The summed E-state index contributed by atoms with van der Waals surface area (Å²) in [4.78, 5) is 30.9. The Kier molecular flexibility index (Phi) is 7.20. The summed E-state index contributed by atoms with van der Waals surface area (Å²) in [7, 11) is 0. The van der Waals surface area contributed by atoms with Crippen LogP contribution in [0.5, 0.6) is 0 Å². The summed E-state index contributed by atoms with van der Waals surface area (Å²) in [6.07, 6.45) is 0.949. The third-order valence-corrected chi connectivity index (χ3v) is 5.17. The predicted octanol–water partition coefficient (Wildman–Crippen LogP) is 0.664. The molecule has 1 aromatic carbocycles. The van der Waals surface area contributed by atoms with E-state index in [1.54, 1.807) is 0 Å². The van der Waals surface area contributed by atoms with Crippen LogP contribution in [0.2, 0.25) is 0 Å². The molecule has 0 unspecified atom stereocenters. The minimum atomic E-state index is -0.00338. The second-order valence-electron chi connectivity index (χ2n) is 7.15. The van der Waals surface area contributed by atoms with Crippen molar-refractivity contribution >= 4 is 17.5 Å². The number of hydrogen-bond donors (Lipinski definition) is 1. The van der Waals surface area contributed by atoms with Crippen molar-refractivity contribution < 1.29 is 14.3 Å². The van der Waals surface area contributed by atoms with Gasteiger partial charge in [-0.1, -0.05) is 19.1 Å². The average Bonchev–Trinajstić information content (AvgIpc) is 2.69. The lowest BCUT2D eigenvalue weighted by Crippen LogP contribution is -2.53. The molecule has 0 aromatic heterocycles. The van der Waals surface area contributed by atoms with Crippen molar-refractivity contribution in [3.8, 4) is 0 Å². The van der Waals surface area contributed by atoms with E-state index in [1.807, 2.05) is 23.1 Å². The van der Waals surface area contributed by atoms with Gasteiger partial charge in [0.2, 0.25) is 11.8 Å². The van der Waals surface area contributed by atoms with Crippen LogP contribution < -0.4 is 5.32 Å². The molecule has 1 N–H and O–H groups in total. The third-order valence-electron chi connectivity index (χ3n) is 5.17. The molecule has 2 fully saturated rings. The SMILES string of the molecule is CCc1cccc(NC(=O)CN2CCN(C(=O)CN3CCOCC3)CC2)c1. The molecule has 7 nitrogen and oxygen atoms in total. The Hall–Kier alpha value is -1.96. The Labute approximate surface area is 161 Å². The van der Waals surface area contributed by atoms with Gasteiger partial charge in [0.1, 0.15) is 0 Å². The Morgan fingerprint density at radius 3 is 2.41 bits per heavy atom. The highest BCUT2D eigenvalue weighted by Crippen LogP contribution is 2.11. The van der Waals surface area contributed by atoms with E-state index >= 15 is 0 Å². The summed E-state index contributed by atoms with van der Waals surface area (Å²) in [5, 5.41) is 2.97. The van der Waals surface area contributed by atoms with Crippen molar-refractivity contribution in [3.05, 3.63) is 29.8 Å². The summed E-state index contributed by atoms with van der Waals surface area (Å²) in [5.41, 5.74) is 2.05. The first kappa shape index (κ1) is 19.8. The summed E-state index contributed by atoms with van der Waals surface area (Å²) in [5.74, 6) is 0.175. The fourth-order valence-corrected chi connectivity index (χ4v) is 3.48. The molecule has 0 spiro atoms. The standard InChI is InChI=1S/C20H30N4O3/c1-2-17-4-3-5-18(14-17)21-19(25)15-22-6-8-24(9-7-22)20(26)16-23-10-12-27-13-11-23/h3-5,14H,2,6-13,15-16H2,1H3,(H,21,25). The van der Waals surface area contributed by atoms with E-state index in [9.17, 15) is 9.59 Å². The predicted molar refractivity (Wildman–Crippen MR) is 105 cm³/mol. The van der Waals surface area contributed by atoms with Gasteiger partial charge in [-0.05, 0) is 24.1 Å². The van der Waals surface area contributed by atoms with Crippen LogP contribution in [0.3, 0.4) is 0 Å². The molecule has 0 saturated carbocycles. The van der Waals surface area contributed by atoms with Crippen molar-refractivity contribution in [2.24, 2.45) is 0 Å². The van der Waals surface area contributed by atoms with Crippen molar-refractivity contribution in [2.75, 3.05) is 70.9 Å². The van der Waals surface area contributed by atoms with Gasteiger partial charge in [-0.25, -0.2) is 0 Å². The minimum absolute atomic E-state index is 0.00338. The molecule has 27 heavy (non-hydrogen) atoms. The maximum Gasteiger partial charge on any atom is 0.238 e. The molecule has 0 aliphatic carbocycles. The van der Waals surface area contributed by atoms with Gasteiger partial charge in [0.25, 0.3) is 0 Å². The van der Waals surface area contributed by atoms with Crippen molar-refractivity contribution in [1.29, 1.82) is 0 Å². The molecule has 2 aliphatic heterocycles. The molecule has 2 saturated heterocycles. The van der Waals surface area contributed by atoms with Gasteiger partial charge in [0.15, 0.2) is 0 Å². The van der Waals surface area contributed by atoms with Gasteiger partial charge in [0.05, 0.1) is 26.3 Å². The van der Waals surface area contributed by atoms with Crippen molar-refractivity contribution in [3.63, 3.8) is 0 Å². The number of nitrogens with zero attached hydrogens (tertiary/aromatic N) is 3. The monoisotopic (exact) mass is 374 g/mol. The van der Waals surface area contributed by atoms with Gasteiger partial charge < -0.3 is 15.0 Å². The Balaban J connectivity index is 1.39. The summed E-state index contributed by atoms with van der Waals surface area (Å²) < 4.78 is 5.32. The topological polar surface area (TPSA) is 65.1 Å². The fourth-order valence-electron chi connectivity index (χ4n) is 3.48. The largest absolute Gasteiger partial charge is 0.379 e. The number of morpholine rings is 1. The maximum absolute atomic E-state index is 12.4. The number of carbonyl (C=O) groups excluding carboxylic acids is 2. The minimum Gasteiger partial charge on any atom is -0.379 e. The number of amides is 2. The van der Waals surface area contributed by atoms with Gasteiger partial charge in [-0.2, -0.15) is 0 Å². The van der Waals surface area contributed by atoms with Crippen LogP contribution in [0.1, 0.15) is 12.5 Å². The summed E-state index contributed by atoms with van der Waals surface area (Å²) in [6, 6.07) is 7.95. The Bertz CT molecular complexity index is 638. The number of aryl methyl sites for hydroxylation is 1. The number of piperazine rings is 1. The highest BCUT2D eigenvalue weighted by Gasteiger charge is 2.24. The molecule has 1 aromatic rings. The first-order valence-corrected chi connectivity index (χ1v) is 9.83. The van der Waals surface area contributed by atoms with Gasteiger partial charge in [0, 0.05) is 45.0 Å². The molecule has 2 aliphatic rings. The molecule has 2 amide bonds. The smallest absolute Gasteiger partial charge is 0.238 e. The molecular formula is C20H30N4O3. The van der Waals surface area contributed by atoms with Gasteiger partial charge in [-0.3, -0.25) is 19.4 Å². The molecule has 7 heteroatoms. The number of anilines is 1. The third kappa shape index (κ3) is 6.02. The molecule has 2 heterocycles. The van der Waals surface area contributed by atoms with Crippen LogP contribution in [0.4, 0.5) is 5.69 Å². The van der Waals surface area contributed by atoms with Crippen molar-refractivity contribution in [1.82, 2.24) is 14.7 Å². The molecule has 0 atom stereocenters. The normalized spacial score (nSPS) is 19.1. The second-order valence-corrected chi connectivity index (χ2v) is 7.15. The van der Waals surface area contributed by atoms with Gasteiger partial charge in [-0.15, -0.1) is 0 Å². The zero-order valence-electron chi connectivity index (χ0n) is 16.2. The van der Waals surface area contributed by atoms with E-state index in [1.165, 1.54) is 5.56 Å². The van der Waals surface area contributed by atoms with E-state index in [0.29, 0.717) is 39.4 Å². The number of carbonyl (C=O) groups is 2. The lowest BCUT2D eigenvalue weighted by atomic mass is 10.1. The number of benzene rings is 1. The quantitative estimate of drug-likeness (QED) is 0.793. The van der Waals surface area contributed by atoms with Crippen LogP contribution in [0.15, 0.2) is 24.3 Å². The molecule has 0 radical (unpaired) electrons. The molecular weight excluding hydrogens is 344 g/mol. The van der Waals surface area contributed by atoms with Crippen LogP contribution in [-0.2, 0) is 20.7 Å². The average molecular weight is 374 g/mol. The number of hydrogen-bond acceptors (Lipinski definition) is 5. The van der Waals surface area contributed by atoms with Crippen LogP contribution in [0.25, 0.3) is 0 Å². The lowest BCUT2D eigenvalue weighted by molar-refractivity contribution is -0.135. The molecule has 0 bridgehead atoms.